The summed E-state index contributed by atoms with van der Waals surface area (Å²) in [5, 5.41) is 8.67. The van der Waals surface area contributed by atoms with Gasteiger partial charge in [-0.2, -0.15) is 0 Å². The molecule has 4 nitrogen and oxygen atoms in total. The number of carbonyl (C=O) groups excluding carboxylic acids is 1. The first kappa shape index (κ1) is 39.9. The number of carbonyl (C=O) groups is 2. The standard InChI is InChI=1S/C37H72O4/c1-3-5-7-8-9-10-11-12-13-17-20-23-26-30-34-37(40)41-35(31-27-6-4-2)32-28-24-21-18-15-14-16-19-22-25-29-33-36(38)39/h35H,3-34H2,1-2H3,(H,38,39). The van der Waals surface area contributed by atoms with Gasteiger partial charge in [0.1, 0.15) is 6.10 Å². The molecule has 1 atom stereocenters. The molecule has 0 aliphatic carbocycles. The highest BCUT2D eigenvalue weighted by atomic mass is 16.5. The zero-order valence-corrected chi connectivity index (χ0v) is 27.9. The van der Waals surface area contributed by atoms with E-state index in [1.165, 1.54) is 154 Å². The molecule has 0 aliphatic rings. The largest absolute Gasteiger partial charge is 0.481 e. The molecule has 0 spiro atoms. The Hall–Kier alpha value is -1.06. The summed E-state index contributed by atoms with van der Waals surface area (Å²) in [7, 11) is 0. The average Bonchev–Trinajstić information content (AvgIpc) is 2.95. The molecule has 0 aromatic heterocycles. The molecule has 0 saturated heterocycles. The van der Waals surface area contributed by atoms with Crippen LogP contribution < -0.4 is 0 Å². The number of ether oxygens (including phenoxy) is 1. The second-order valence-corrected chi connectivity index (χ2v) is 12.8. The van der Waals surface area contributed by atoms with Crippen molar-refractivity contribution < 1.29 is 19.4 Å². The van der Waals surface area contributed by atoms with E-state index in [1.54, 1.807) is 0 Å². The van der Waals surface area contributed by atoms with E-state index in [0.29, 0.717) is 12.8 Å². The highest BCUT2D eigenvalue weighted by Crippen LogP contribution is 2.18. The molecule has 0 aromatic carbocycles. The van der Waals surface area contributed by atoms with E-state index in [4.69, 9.17) is 9.84 Å². The van der Waals surface area contributed by atoms with Crippen LogP contribution in [0, 0.1) is 0 Å². The van der Waals surface area contributed by atoms with E-state index in [0.717, 1.165) is 38.5 Å². The van der Waals surface area contributed by atoms with Crippen molar-refractivity contribution in [2.45, 2.75) is 225 Å². The fourth-order valence-electron chi connectivity index (χ4n) is 5.83. The number of esters is 1. The van der Waals surface area contributed by atoms with Crippen LogP contribution in [0.3, 0.4) is 0 Å². The fourth-order valence-corrected chi connectivity index (χ4v) is 5.83. The van der Waals surface area contributed by atoms with Crippen LogP contribution in [0.5, 0.6) is 0 Å². The van der Waals surface area contributed by atoms with Gasteiger partial charge in [-0.05, 0) is 38.5 Å². The molecule has 4 heteroatoms. The van der Waals surface area contributed by atoms with Gasteiger partial charge < -0.3 is 9.84 Å². The summed E-state index contributed by atoms with van der Waals surface area (Å²) in [5.41, 5.74) is 0. The maximum absolute atomic E-state index is 12.5. The highest BCUT2D eigenvalue weighted by Gasteiger charge is 2.14. The molecular weight excluding hydrogens is 508 g/mol. The normalized spacial score (nSPS) is 12.0. The van der Waals surface area contributed by atoms with Crippen LogP contribution in [0.15, 0.2) is 0 Å². The van der Waals surface area contributed by atoms with Crippen LogP contribution in [-0.4, -0.2) is 23.1 Å². The van der Waals surface area contributed by atoms with Crippen molar-refractivity contribution in [2.75, 3.05) is 0 Å². The number of carboxylic acid groups (broad SMARTS) is 1. The molecule has 0 aromatic rings. The van der Waals surface area contributed by atoms with Crippen molar-refractivity contribution >= 4 is 11.9 Å². The second kappa shape index (κ2) is 33.4. The lowest BCUT2D eigenvalue weighted by atomic mass is 10.0. The van der Waals surface area contributed by atoms with Crippen LogP contribution >= 0.6 is 0 Å². The zero-order chi connectivity index (χ0) is 30.1. The third-order valence-electron chi connectivity index (χ3n) is 8.58. The third kappa shape index (κ3) is 33.3. The van der Waals surface area contributed by atoms with Gasteiger partial charge in [0, 0.05) is 12.8 Å². The summed E-state index contributed by atoms with van der Waals surface area (Å²) >= 11 is 0. The Bertz CT molecular complexity index is 547. The van der Waals surface area contributed by atoms with E-state index in [2.05, 4.69) is 13.8 Å². The van der Waals surface area contributed by atoms with Crippen molar-refractivity contribution in [1.29, 1.82) is 0 Å². The van der Waals surface area contributed by atoms with E-state index in [-0.39, 0.29) is 12.1 Å². The van der Waals surface area contributed by atoms with E-state index in [9.17, 15) is 9.59 Å². The van der Waals surface area contributed by atoms with Crippen molar-refractivity contribution in [3.8, 4) is 0 Å². The Morgan fingerprint density at radius 3 is 1.12 bits per heavy atom. The minimum absolute atomic E-state index is 0.0356. The molecule has 1 N–H and O–H groups in total. The van der Waals surface area contributed by atoms with Gasteiger partial charge in [-0.3, -0.25) is 9.59 Å². The Morgan fingerprint density at radius 2 is 0.732 bits per heavy atom. The van der Waals surface area contributed by atoms with Gasteiger partial charge in [0.2, 0.25) is 0 Å². The van der Waals surface area contributed by atoms with E-state index >= 15 is 0 Å². The number of hydrogen-bond acceptors (Lipinski definition) is 3. The Labute approximate surface area is 256 Å². The zero-order valence-electron chi connectivity index (χ0n) is 27.9. The Morgan fingerprint density at radius 1 is 0.439 bits per heavy atom. The molecule has 0 amide bonds. The summed E-state index contributed by atoms with van der Waals surface area (Å²) in [6.07, 6.45) is 38.6. The Balaban J connectivity index is 3.70. The monoisotopic (exact) mass is 581 g/mol. The van der Waals surface area contributed by atoms with Crippen LogP contribution in [0.4, 0.5) is 0 Å². The van der Waals surface area contributed by atoms with Gasteiger partial charge in [0.15, 0.2) is 0 Å². The first-order chi connectivity index (χ1) is 20.1. The molecular formula is C37H72O4. The summed E-state index contributed by atoms with van der Waals surface area (Å²) in [5.74, 6) is -0.635. The van der Waals surface area contributed by atoms with Gasteiger partial charge in [-0.1, -0.05) is 168 Å². The van der Waals surface area contributed by atoms with Gasteiger partial charge in [0.25, 0.3) is 0 Å². The molecule has 1 unspecified atom stereocenters. The summed E-state index contributed by atoms with van der Waals surface area (Å²) in [4.78, 5) is 23.0. The lowest BCUT2D eigenvalue weighted by molar-refractivity contribution is -0.150. The lowest BCUT2D eigenvalue weighted by Crippen LogP contribution is -2.18. The Kier molecular flexibility index (Phi) is 32.6. The number of unbranched alkanes of at least 4 members (excludes halogenated alkanes) is 25. The third-order valence-corrected chi connectivity index (χ3v) is 8.58. The number of carboxylic acids is 1. The van der Waals surface area contributed by atoms with Crippen LogP contribution in [-0.2, 0) is 14.3 Å². The molecule has 0 saturated carbocycles. The SMILES string of the molecule is CCCCCCCCCCCCCCCCC(=O)OC(CCCCC)CCCCCCCCCCCCCC(=O)O. The first-order valence-corrected chi connectivity index (χ1v) is 18.5. The molecule has 0 rings (SSSR count). The van der Waals surface area contributed by atoms with Gasteiger partial charge in [-0.25, -0.2) is 0 Å². The second-order valence-electron chi connectivity index (χ2n) is 12.8. The molecule has 244 valence electrons. The summed E-state index contributed by atoms with van der Waals surface area (Å²) < 4.78 is 5.95. The van der Waals surface area contributed by atoms with Crippen molar-refractivity contribution in [3.63, 3.8) is 0 Å². The predicted octanol–water partition coefficient (Wildman–Crippen LogP) is 12.5. The van der Waals surface area contributed by atoms with Crippen LogP contribution in [0.25, 0.3) is 0 Å². The van der Waals surface area contributed by atoms with Gasteiger partial charge >= 0.3 is 11.9 Å². The molecule has 41 heavy (non-hydrogen) atoms. The topological polar surface area (TPSA) is 63.6 Å². The first-order valence-electron chi connectivity index (χ1n) is 18.5. The molecule has 0 bridgehead atoms. The smallest absolute Gasteiger partial charge is 0.306 e. The maximum Gasteiger partial charge on any atom is 0.306 e. The molecule has 0 heterocycles. The van der Waals surface area contributed by atoms with Crippen molar-refractivity contribution in [1.82, 2.24) is 0 Å². The highest BCUT2D eigenvalue weighted by molar-refractivity contribution is 5.69. The molecule has 0 fully saturated rings. The number of rotatable bonds is 34. The lowest BCUT2D eigenvalue weighted by Gasteiger charge is -2.18. The number of aliphatic carboxylic acids is 1. The minimum Gasteiger partial charge on any atom is -0.481 e. The maximum atomic E-state index is 12.5. The van der Waals surface area contributed by atoms with Gasteiger partial charge in [-0.15, -0.1) is 0 Å². The number of hydrogen-bond donors (Lipinski definition) is 1. The predicted molar refractivity (Wildman–Crippen MR) is 177 cm³/mol. The summed E-state index contributed by atoms with van der Waals surface area (Å²) in [6, 6.07) is 0. The summed E-state index contributed by atoms with van der Waals surface area (Å²) in [6.45, 7) is 4.51. The van der Waals surface area contributed by atoms with Crippen LogP contribution in [0.1, 0.15) is 219 Å². The van der Waals surface area contributed by atoms with Gasteiger partial charge in [0.05, 0.1) is 0 Å². The van der Waals surface area contributed by atoms with E-state index < -0.39 is 5.97 Å². The quantitative estimate of drug-likeness (QED) is 0.0607. The van der Waals surface area contributed by atoms with Crippen molar-refractivity contribution in [3.05, 3.63) is 0 Å². The molecule has 0 radical (unpaired) electrons. The average molecular weight is 581 g/mol. The van der Waals surface area contributed by atoms with E-state index in [1.807, 2.05) is 0 Å². The van der Waals surface area contributed by atoms with Crippen LogP contribution in [0.2, 0.25) is 0 Å². The minimum atomic E-state index is -0.671. The molecule has 0 aliphatic heterocycles. The fraction of sp³-hybridized carbons (Fsp3) is 0.946. The van der Waals surface area contributed by atoms with Crippen molar-refractivity contribution in [2.24, 2.45) is 0 Å².